The number of anilines is 1. The lowest BCUT2D eigenvalue weighted by molar-refractivity contribution is 0.181. The third kappa shape index (κ3) is 3.93. The lowest BCUT2D eigenvalue weighted by Gasteiger charge is -2.25. The van der Waals surface area contributed by atoms with E-state index in [-0.39, 0.29) is 0 Å². The summed E-state index contributed by atoms with van der Waals surface area (Å²) in [5.41, 5.74) is 1.06. The van der Waals surface area contributed by atoms with E-state index in [1.165, 1.54) is 4.88 Å². The Balaban J connectivity index is 2.96. The van der Waals surface area contributed by atoms with Crippen molar-refractivity contribution in [2.45, 2.75) is 46.4 Å². The number of nitrogens with zero attached hydrogens (tertiary/aromatic N) is 2. The van der Waals surface area contributed by atoms with Crippen LogP contribution in [0, 0.1) is 0 Å². The molecule has 18 heavy (non-hydrogen) atoms. The minimum absolute atomic E-state index is 0.480. The standard InChI is InChI=1S/C13H25N3OS/c1-6-7-16(10(2)3)13-15-11(9-17-5)12(18-13)8-14-4/h10,14H,6-9H2,1-5H3. The quantitative estimate of drug-likeness (QED) is 0.789. The Bertz CT molecular complexity index is 329. The summed E-state index contributed by atoms with van der Waals surface area (Å²) in [5.74, 6) is 0. The summed E-state index contributed by atoms with van der Waals surface area (Å²) in [6.07, 6.45) is 1.14. The zero-order valence-electron chi connectivity index (χ0n) is 12.1. The Hall–Kier alpha value is -0.650. The highest BCUT2D eigenvalue weighted by Gasteiger charge is 2.17. The summed E-state index contributed by atoms with van der Waals surface area (Å²) in [5, 5.41) is 4.31. The number of aromatic nitrogens is 1. The van der Waals surface area contributed by atoms with Crippen molar-refractivity contribution in [1.82, 2.24) is 10.3 Å². The second-order valence-corrected chi connectivity index (χ2v) is 5.68. The number of hydrogen-bond donors (Lipinski definition) is 1. The number of rotatable bonds is 8. The lowest BCUT2D eigenvalue weighted by Crippen LogP contribution is -2.31. The molecule has 0 amide bonds. The van der Waals surface area contributed by atoms with Gasteiger partial charge in [-0.25, -0.2) is 4.98 Å². The van der Waals surface area contributed by atoms with Gasteiger partial charge in [0.05, 0.1) is 12.3 Å². The van der Waals surface area contributed by atoms with Gasteiger partial charge >= 0.3 is 0 Å². The van der Waals surface area contributed by atoms with Gasteiger partial charge in [-0.05, 0) is 27.3 Å². The lowest BCUT2D eigenvalue weighted by atomic mass is 10.3. The molecule has 4 nitrogen and oxygen atoms in total. The molecule has 0 bridgehead atoms. The van der Waals surface area contributed by atoms with Gasteiger partial charge < -0.3 is 15.0 Å². The summed E-state index contributed by atoms with van der Waals surface area (Å²) >= 11 is 1.77. The van der Waals surface area contributed by atoms with Crippen LogP contribution in [0.5, 0.6) is 0 Å². The molecular weight excluding hydrogens is 246 g/mol. The molecular formula is C13H25N3OS. The first kappa shape index (κ1) is 15.4. The second-order valence-electron chi connectivity index (χ2n) is 4.62. The number of hydrogen-bond acceptors (Lipinski definition) is 5. The highest BCUT2D eigenvalue weighted by molar-refractivity contribution is 7.15. The molecule has 5 heteroatoms. The van der Waals surface area contributed by atoms with Gasteiger partial charge in [0, 0.05) is 31.1 Å². The van der Waals surface area contributed by atoms with Crippen molar-refractivity contribution in [3.05, 3.63) is 10.6 Å². The fourth-order valence-corrected chi connectivity index (χ4v) is 3.09. The predicted molar refractivity (Wildman–Crippen MR) is 78.4 cm³/mol. The smallest absolute Gasteiger partial charge is 0.186 e. The van der Waals surface area contributed by atoms with E-state index in [2.05, 4.69) is 31.0 Å². The minimum atomic E-state index is 0.480. The monoisotopic (exact) mass is 271 g/mol. The highest BCUT2D eigenvalue weighted by atomic mass is 32.1. The maximum Gasteiger partial charge on any atom is 0.186 e. The molecule has 0 aromatic carbocycles. The van der Waals surface area contributed by atoms with Gasteiger partial charge in [-0.2, -0.15) is 0 Å². The van der Waals surface area contributed by atoms with Gasteiger partial charge in [0.25, 0.3) is 0 Å². The third-order valence-corrected chi connectivity index (χ3v) is 3.85. The van der Waals surface area contributed by atoms with Crippen LogP contribution in [-0.2, 0) is 17.9 Å². The van der Waals surface area contributed by atoms with Crippen LogP contribution >= 0.6 is 11.3 Å². The first-order valence-corrected chi connectivity index (χ1v) is 7.34. The van der Waals surface area contributed by atoms with Crippen molar-refractivity contribution in [2.24, 2.45) is 0 Å². The van der Waals surface area contributed by atoms with Crippen molar-refractivity contribution in [3.63, 3.8) is 0 Å². The summed E-state index contributed by atoms with van der Waals surface area (Å²) < 4.78 is 5.23. The molecule has 104 valence electrons. The van der Waals surface area contributed by atoms with Crippen molar-refractivity contribution >= 4 is 16.5 Å². The molecule has 1 N–H and O–H groups in total. The molecule has 0 aliphatic carbocycles. The van der Waals surface area contributed by atoms with Crippen molar-refractivity contribution in [1.29, 1.82) is 0 Å². The Kier molecular flexibility index (Phi) is 6.60. The Labute approximate surface area is 114 Å². The number of thiazole rings is 1. The summed E-state index contributed by atoms with van der Waals surface area (Å²) in [7, 11) is 3.68. The van der Waals surface area contributed by atoms with Gasteiger partial charge in [-0.3, -0.25) is 0 Å². The zero-order valence-corrected chi connectivity index (χ0v) is 12.9. The van der Waals surface area contributed by atoms with Crippen LogP contribution in [0.3, 0.4) is 0 Å². The largest absolute Gasteiger partial charge is 0.378 e. The van der Waals surface area contributed by atoms with E-state index >= 15 is 0 Å². The van der Waals surface area contributed by atoms with Crippen LogP contribution in [0.15, 0.2) is 0 Å². The van der Waals surface area contributed by atoms with Crippen LogP contribution in [0.4, 0.5) is 5.13 Å². The molecule has 1 heterocycles. The second kappa shape index (κ2) is 7.71. The van der Waals surface area contributed by atoms with E-state index in [9.17, 15) is 0 Å². The third-order valence-electron chi connectivity index (χ3n) is 2.72. The number of methoxy groups -OCH3 is 1. The molecule has 1 aromatic heterocycles. The van der Waals surface area contributed by atoms with Crippen molar-refractivity contribution in [2.75, 3.05) is 25.6 Å². The maximum absolute atomic E-state index is 5.23. The molecule has 0 unspecified atom stereocenters. The van der Waals surface area contributed by atoms with Crippen LogP contribution in [0.25, 0.3) is 0 Å². The average Bonchev–Trinajstić information content (AvgIpc) is 2.70. The zero-order chi connectivity index (χ0) is 13.5. The van der Waals surface area contributed by atoms with Crippen LogP contribution in [0.2, 0.25) is 0 Å². The van der Waals surface area contributed by atoms with E-state index in [0.717, 1.165) is 30.3 Å². The van der Waals surface area contributed by atoms with Gasteiger partial charge in [0.2, 0.25) is 0 Å². The fraction of sp³-hybridized carbons (Fsp3) is 0.769. The van der Waals surface area contributed by atoms with Gasteiger partial charge in [-0.1, -0.05) is 6.92 Å². The van der Waals surface area contributed by atoms with E-state index in [0.29, 0.717) is 12.6 Å². The molecule has 0 spiro atoms. The molecule has 0 aliphatic rings. The first-order valence-electron chi connectivity index (χ1n) is 6.52. The Morgan fingerprint density at radius 1 is 1.44 bits per heavy atom. The Morgan fingerprint density at radius 3 is 2.67 bits per heavy atom. The van der Waals surface area contributed by atoms with Crippen LogP contribution < -0.4 is 10.2 Å². The van der Waals surface area contributed by atoms with Crippen LogP contribution in [-0.4, -0.2) is 31.7 Å². The Morgan fingerprint density at radius 2 is 2.17 bits per heavy atom. The SMILES string of the molecule is CCCN(c1nc(COC)c(CNC)s1)C(C)C. The number of nitrogens with one attached hydrogen (secondary N) is 1. The molecule has 0 atom stereocenters. The topological polar surface area (TPSA) is 37.4 Å². The average molecular weight is 271 g/mol. The van der Waals surface area contributed by atoms with Crippen LogP contribution in [0.1, 0.15) is 37.8 Å². The number of ether oxygens (including phenoxy) is 1. The van der Waals surface area contributed by atoms with E-state index in [1.54, 1.807) is 18.4 Å². The van der Waals surface area contributed by atoms with Gasteiger partial charge in [0.1, 0.15) is 0 Å². The van der Waals surface area contributed by atoms with Crippen molar-refractivity contribution in [3.8, 4) is 0 Å². The predicted octanol–water partition coefficient (Wildman–Crippen LogP) is 2.63. The summed E-state index contributed by atoms with van der Waals surface area (Å²) in [4.78, 5) is 8.38. The first-order chi connectivity index (χ1) is 8.63. The van der Waals surface area contributed by atoms with Crippen molar-refractivity contribution < 1.29 is 4.74 Å². The normalized spacial score (nSPS) is 11.2. The molecule has 1 rings (SSSR count). The van der Waals surface area contributed by atoms with E-state index < -0.39 is 0 Å². The molecule has 1 aromatic rings. The van der Waals surface area contributed by atoms with E-state index in [4.69, 9.17) is 9.72 Å². The fourth-order valence-electron chi connectivity index (χ4n) is 1.86. The summed E-state index contributed by atoms with van der Waals surface area (Å²) in [6, 6.07) is 0.480. The molecule has 0 saturated heterocycles. The molecule has 0 fully saturated rings. The summed E-state index contributed by atoms with van der Waals surface area (Å²) in [6.45, 7) is 9.12. The minimum Gasteiger partial charge on any atom is -0.378 e. The molecule has 0 radical (unpaired) electrons. The van der Waals surface area contributed by atoms with E-state index in [1.807, 2.05) is 7.05 Å². The van der Waals surface area contributed by atoms with Gasteiger partial charge in [0.15, 0.2) is 5.13 Å². The highest BCUT2D eigenvalue weighted by Crippen LogP contribution is 2.28. The molecule has 0 aliphatic heterocycles. The maximum atomic E-state index is 5.23. The van der Waals surface area contributed by atoms with Gasteiger partial charge in [-0.15, -0.1) is 11.3 Å². The molecule has 0 saturated carbocycles.